The molecule has 0 spiro atoms. The van der Waals surface area contributed by atoms with Crippen LogP contribution in [0.4, 0.5) is 0 Å². The Balaban J connectivity index is 2.14. The average Bonchev–Trinajstić information content (AvgIpc) is 2.31. The van der Waals surface area contributed by atoms with Gasteiger partial charge in [-0.1, -0.05) is 13.3 Å². The second-order valence-electron chi connectivity index (χ2n) is 3.07. The molecule has 2 nitrogen and oxygen atoms in total. The monoisotopic (exact) mass is 143 g/mol. The lowest BCUT2D eigenvalue weighted by Gasteiger charge is -2.13. The van der Waals surface area contributed by atoms with Gasteiger partial charge < -0.3 is 10.4 Å². The summed E-state index contributed by atoms with van der Waals surface area (Å²) in [4.78, 5) is 0. The van der Waals surface area contributed by atoms with Crippen LogP contribution < -0.4 is 5.32 Å². The number of hydrogen-bond acceptors (Lipinski definition) is 2. The fourth-order valence-electron chi connectivity index (χ4n) is 1.59. The van der Waals surface area contributed by atoms with E-state index in [0.29, 0.717) is 5.92 Å². The van der Waals surface area contributed by atoms with Gasteiger partial charge in [0.1, 0.15) is 0 Å². The highest BCUT2D eigenvalue weighted by molar-refractivity contribution is 4.77. The third kappa shape index (κ3) is 1.96. The summed E-state index contributed by atoms with van der Waals surface area (Å²) in [6, 6.07) is 0. The average molecular weight is 143 g/mol. The van der Waals surface area contributed by atoms with Crippen molar-refractivity contribution < 1.29 is 5.11 Å². The van der Waals surface area contributed by atoms with Crippen molar-refractivity contribution in [2.45, 2.75) is 32.3 Å². The Hall–Kier alpha value is -0.0800. The Morgan fingerprint density at radius 2 is 2.30 bits per heavy atom. The zero-order valence-electron chi connectivity index (χ0n) is 6.64. The SMILES string of the molecule is CCNC[C@@H]1CCC[C@@H]1O. The first-order valence-corrected chi connectivity index (χ1v) is 4.23. The summed E-state index contributed by atoms with van der Waals surface area (Å²) in [5.74, 6) is 0.528. The van der Waals surface area contributed by atoms with E-state index in [-0.39, 0.29) is 6.10 Å². The maximum atomic E-state index is 9.38. The lowest BCUT2D eigenvalue weighted by Crippen LogP contribution is -2.27. The predicted molar refractivity (Wildman–Crippen MR) is 41.9 cm³/mol. The van der Waals surface area contributed by atoms with Gasteiger partial charge in [-0.15, -0.1) is 0 Å². The van der Waals surface area contributed by atoms with Crippen molar-refractivity contribution in [3.05, 3.63) is 0 Å². The van der Waals surface area contributed by atoms with E-state index in [1.165, 1.54) is 12.8 Å². The Bertz CT molecular complexity index is 95.3. The van der Waals surface area contributed by atoms with E-state index in [1.54, 1.807) is 0 Å². The number of aliphatic hydroxyl groups excluding tert-OH is 1. The van der Waals surface area contributed by atoms with Crippen molar-refractivity contribution in [3.63, 3.8) is 0 Å². The molecule has 0 bridgehead atoms. The van der Waals surface area contributed by atoms with Gasteiger partial charge in [0.05, 0.1) is 6.10 Å². The van der Waals surface area contributed by atoms with Crippen LogP contribution in [-0.4, -0.2) is 24.3 Å². The highest BCUT2D eigenvalue weighted by Crippen LogP contribution is 2.24. The summed E-state index contributed by atoms with van der Waals surface area (Å²) in [5.41, 5.74) is 0. The van der Waals surface area contributed by atoms with Crippen molar-refractivity contribution in [1.82, 2.24) is 5.32 Å². The quantitative estimate of drug-likeness (QED) is 0.611. The first-order chi connectivity index (χ1) is 4.84. The molecular formula is C8H17NO. The lowest BCUT2D eigenvalue weighted by atomic mass is 10.1. The standard InChI is InChI=1S/C8H17NO/c1-2-9-6-7-4-3-5-8(7)10/h7-10H,2-6H2,1H3/t7-,8-/m0/s1. The van der Waals surface area contributed by atoms with Gasteiger partial charge >= 0.3 is 0 Å². The van der Waals surface area contributed by atoms with Crippen LogP contribution >= 0.6 is 0 Å². The van der Waals surface area contributed by atoms with E-state index < -0.39 is 0 Å². The molecule has 10 heavy (non-hydrogen) atoms. The van der Waals surface area contributed by atoms with E-state index in [2.05, 4.69) is 12.2 Å². The smallest absolute Gasteiger partial charge is 0.0580 e. The van der Waals surface area contributed by atoms with E-state index in [0.717, 1.165) is 19.5 Å². The number of hydrogen-bond donors (Lipinski definition) is 2. The molecule has 2 N–H and O–H groups in total. The van der Waals surface area contributed by atoms with Crippen LogP contribution in [0.2, 0.25) is 0 Å². The fraction of sp³-hybridized carbons (Fsp3) is 1.00. The van der Waals surface area contributed by atoms with E-state index in [1.807, 2.05) is 0 Å². The van der Waals surface area contributed by atoms with Gasteiger partial charge in [-0.2, -0.15) is 0 Å². The third-order valence-corrected chi connectivity index (χ3v) is 2.28. The van der Waals surface area contributed by atoms with Crippen molar-refractivity contribution in [2.24, 2.45) is 5.92 Å². The molecule has 2 heteroatoms. The minimum atomic E-state index is -0.0287. The van der Waals surface area contributed by atoms with Crippen LogP contribution in [0.25, 0.3) is 0 Å². The topological polar surface area (TPSA) is 32.3 Å². The van der Waals surface area contributed by atoms with Crippen LogP contribution in [0, 0.1) is 5.92 Å². The summed E-state index contributed by atoms with van der Waals surface area (Å²) in [5, 5.41) is 12.6. The van der Waals surface area contributed by atoms with Gasteiger partial charge in [-0.25, -0.2) is 0 Å². The minimum absolute atomic E-state index is 0.0287. The van der Waals surface area contributed by atoms with Crippen molar-refractivity contribution >= 4 is 0 Å². The molecule has 1 aliphatic carbocycles. The zero-order chi connectivity index (χ0) is 7.40. The Labute approximate surface area is 62.6 Å². The maximum absolute atomic E-state index is 9.38. The highest BCUT2D eigenvalue weighted by atomic mass is 16.3. The summed E-state index contributed by atoms with van der Waals surface area (Å²) >= 11 is 0. The molecule has 0 saturated heterocycles. The number of aliphatic hydroxyl groups is 1. The summed E-state index contributed by atoms with van der Waals surface area (Å²) in [6.45, 7) is 4.11. The maximum Gasteiger partial charge on any atom is 0.0580 e. The largest absolute Gasteiger partial charge is 0.393 e. The third-order valence-electron chi connectivity index (χ3n) is 2.28. The molecular weight excluding hydrogens is 126 g/mol. The molecule has 1 fully saturated rings. The molecule has 0 aromatic heterocycles. The molecule has 0 aliphatic heterocycles. The van der Waals surface area contributed by atoms with Crippen LogP contribution in [0.15, 0.2) is 0 Å². The van der Waals surface area contributed by atoms with Crippen LogP contribution in [-0.2, 0) is 0 Å². The summed E-state index contributed by atoms with van der Waals surface area (Å²) < 4.78 is 0. The van der Waals surface area contributed by atoms with Crippen molar-refractivity contribution in [3.8, 4) is 0 Å². The summed E-state index contributed by atoms with van der Waals surface area (Å²) in [7, 11) is 0. The van der Waals surface area contributed by atoms with Gasteiger partial charge in [-0.3, -0.25) is 0 Å². The van der Waals surface area contributed by atoms with Crippen molar-refractivity contribution in [2.75, 3.05) is 13.1 Å². The molecule has 0 aromatic rings. The highest BCUT2D eigenvalue weighted by Gasteiger charge is 2.23. The first kappa shape index (κ1) is 8.02. The van der Waals surface area contributed by atoms with Crippen LogP contribution in [0.5, 0.6) is 0 Å². The van der Waals surface area contributed by atoms with Crippen LogP contribution in [0.3, 0.4) is 0 Å². The predicted octanol–water partition coefficient (Wildman–Crippen LogP) is 0.757. The Morgan fingerprint density at radius 1 is 1.50 bits per heavy atom. The Morgan fingerprint density at radius 3 is 2.80 bits per heavy atom. The lowest BCUT2D eigenvalue weighted by molar-refractivity contribution is 0.132. The minimum Gasteiger partial charge on any atom is -0.393 e. The van der Waals surface area contributed by atoms with Gasteiger partial charge in [0.2, 0.25) is 0 Å². The normalized spacial score (nSPS) is 33.0. The van der Waals surface area contributed by atoms with Crippen LogP contribution in [0.1, 0.15) is 26.2 Å². The van der Waals surface area contributed by atoms with E-state index in [4.69, 9.17) is 0 Å². The van der Waals surface area contributed by atoms with Gasteiger partial charge in [0.25, 0.3) is 0 Å². The fourth-order valence-corrected chi connectivity index (χ4v) is 1.59. The van der Waals surface area contributed by atoms with Gasteiger partial charge in [0, 0.05) is 6.54 Å². The van der Waals surface area contributed by atoms with E-state index in [9.17, 15) is 5.11 Å². The molecule has 1 saturated carbocycles. The van der Waals surface area contributed by atoms with Crippen molar-refractivity contribution in [1.29, 1.82) is 0 Å². The summed E-state index contributed by atoms with van der Waals surface area (Å²) in [6.07, 6.45) is 3.39. The second kappa shape index (κ2) is 3.94. The number of rotatable bonds is 3. The Kier molecular flexibility index (Phi) is 3.16. The van der Waals surface area contributed by atoms with Gasteiger partial charge in [0.15, 0.2) is 0 Å². The second-order valence-corrected chi connectivity index (χ2v) is 3.07. The molecule has 0 unspecified atom stereocenters. The molecule has 0 heterocycles. The van der Waals surface area contributed by atoms with Gasteiger partial charge in [-0.05, 0) is 25.3 Å². The zero-order valence-corrected chi connectivity index (χ0v) is 6.64. The molecule has 0 radical (unpaired) electrons. The first-order valence-electron chi connectivity index (χ1n) is 4.23. The molecule has 60 valence electrons. The molecule has 2 atom stereocenters. The number of nitrogens with one attached hydrogen (secondary N) is 1. The van der Waals surface area contributed by atoms with E-state index >= 15 is 0 Å². The molecule has 1 rings (SSSR count). The molecule has 1 aliphatic rings. The molecule has 0 aromatic carbocycles. The molecule has 0 amide bonds.